The van der Waals surface area contributed by atoms with Gasteiger partial charge < -0.3 is 5.32 Å². The van der Waals surface area contributed by atoms with Gasteiger partial charge in [0, 0.05) is 16.1 Å². The number of halogens is 1. The first kappa shape index (κ1) is 17.0. The zero-order valence-electron chi connectivity index (χ0n) is 15.1. The molecule has 2 nitrogen and oxygen atoms in total. The molecule has 0 saturated heterocycles. The third-order valence-corrected chi connectivity index (χ3v) is 8.33. The minimum absolute atomic E-state index is 0.0841. The summed E-state index contributed by atoms with van der Waals surface area (Å²) >= 11 is 3.59. The summed E-state index contributed by atoms with van der Waals surface area (Å²) in [7, 11) is 0. The molecular weight excluding hydrogens is 350 g/mol. The van der Waals surface area contributed by atoms with E-state index in [2.05, 4.69) is 62.8 Å². The molecule has 0 aliphatic heterocycles. The molecule has 2 fully saturated rings. The number of rotatable bonds is 2. The van der Waals surface area contributed by atoms with Gasteiger partial charge in [-0.2, -0.15) is 0 Å². The minimum Gasteiger partial charge on any atom is -0.349 e. The van der Waals surface area contributed by atoms with E-state index >= 15 is 0 Å². The van der Waals surface area contributed by atoms with Crippen LogP contribution in [0.3, 0.4) is 0 Å². The van der Waals surface area contributed by atoms with Crippen LogP contribution in [0.15, 0.2) is 10.5 Å². The van der Waals surface area contributed by atoms with Crippen molar-refractivity contribution in [2.24, 2.45) is 16.7 Å². The van der Waals surface area contributed by atoms with Crippen molar-refractivity contribution in [1.29, 1.82) is 0 Å². The molecule has 1 amide bonds. The van der Waals surface area contributed by atoms with Gasteiger partial charge in [-0.1, -0.05) is 36.7 Å². The molecule has 2 aliphatic carbocycles. The van der Waals surface area contributed by atoms with Gasteiger partial charge in [0.1, 0.15) is 0 Å². The average molecular weight is 378 g/mol. The van der Waals surface area contributed by atoms with Gasteiger partial charge in [-0.3, -0.25) is 4.79 Å². The van der Waals surface area contributed by atoms with Crippen LogP contribution in [0.25, 0.3) is 0 Å². The summed E-state index contributed by atoms with van der Waals surface area (Å²) < 4.78 is 1.02. The molecule has 3 rings (SSSR count). The Morgan fingerprint density at radius 1 is 1.17 bits per heavy atom. The van der Waals surface area contributed by atoms with Gasteiger partial charge in [0.2, 0.25) is 0 Å². The number of carbonyl (C=O) groups is 1. The highest BCUT2D eigenvalue weighted by atomic mass is 79.9. The Hall–Kier alpha value is -0.830. The van der Waals surface area contributed by atoms with Crippen LogP contribution in [0, 0.1) is 37.5 Å². The molecule has 0 aromatic heterocycles. The van der Waals surface area contributed by atoms with E-state index in [4.69, 9.17) is 0 Å². The number of fused-ring (bicyclic) bond motifs is 2. The summed E-state index contributed by atoms with van der Waals surface area (Å²) in [6.07, 6.45) is 3.66. The summed E-state index contributed by atoms with van der Waals surface area (Å²) in [4.78, 5) is 12.9. The SMILES string of the molecule is Cc1c(Br)cc(C(=O)N[C@@H]2C[C@@H]3CC[C@]2(C)C3(C)C)c(C)c1C. The molecule has 1 aromatic carbocycles. The van der Waals surface area contributed by atoms with Crippen molar-refractivity contribution >= 4 is 21.8 Å². The third kappa shape index (κ3) is 2.30. The molecule has 0 heterocycles. The van der Waals surface area contributed by atoms with E-state index in [0.717, 1.165) is 27.9 Å². The molecule has 2 saturated carbocycles. The van der Waals surface area contributed by atoms with Crippen molar-refractivity contribution in [2.45, 2.75) is 66.8 Å². The number of carbonyl (C=O) groups excluding carboxylic acids is 1. The van der Waals surface area contributed by atoms with Gasteiger partial charge in [0.05, 0.1) is 0 Å². The van der Waals surface area contributed by atoms with Crippen LogP contribution < -0.4 is 5.32 Å². The van der Waals surface area contributed by atoms with Crippen molar-refractivity contribution in [3.63, 3.8) is 0 Å². The van der Waals surface area contributed by atoms with Crippen LogP contribution in [0.2, 0.25) is 0 Å². The Balaban J connectivity index is 1.87. The highest BCUT2D eigenvalue weighted by Gasteiger charge is 2.61. The van der Waals surface area contributed by atoms with Gasteiger partial charge in [0.15, 0.2) is 0 Å². The maximum Gasteiger partial charge on any atom is 0.251 e. The predicted octanol–water partition coefficient (Wildman–Crippen LogP) is 5.32. The standard InChI is InChI=1S/C20H28BrNO/c1-11-12(2)15(10-16(21)13(11)3)18(23)22-17-9-14-7-8-20(17,6)19(14,4)5/h10,14,17H,7-9H2,1-6H3,(H,22,23)/t14-,17+,20-/m0/s1. The van der Waals surface area contributed by atoms with E-state index in [9.17, 15) is 4.79 Å². The second-order valence-corrected chi connectivity index (χ2v) is 9.27. The van der Waals surface area contributed by atoms with Crippen molar-refractivity contribution in [3.8, 4) is 0 Å². The van der Waals surface area contributed by atoms with E-state index in [1.54, 1.807) is 0 Å². The van der Waals surface area contributed by atoms with Gasteiger partial charge in [-0.15, -0.1) is 0 Å². The summed E-state index contributed by atoms with van der Waals surface area (Å²) in [6, 6.07) is 2.27. The maximum absolute atomic E-state index is 12.9. The Labute approximate surface area is 148 Å². The van der Waals surface area contributed by atoms with Crippen molar-refractivity contribution in [1.82, 2.24) is 5.32 Å². The molecule has 2 bridgehead atoms. The first-order valence-corrected chi connectivity index (χ1v) is 9.46. The fourth-order valence-corrected chi connectivity index (χ4v) is 5.43. The van der Waals surface area contributed by atoms with Gasteiger partial charge in [-0.25, -0.2) is 0 Å². The first-order valence-electron chi connectivity index (χ1n) is 8.66. The molecule has 0 spiro atoms. The number of hydrogen-bond donors (Lipinski definition) is 1. The molecule has 126 valence electrons. The zero-order valence-corrected chi connectivity index (χ0v) is 16.7. The van der Waals surface area contributed by atoms with Crippen LogP contribution >= 0.6 is 15.9 Å². The highest BCUT2D eigenvalue weighted by molar-refractivity contribution is 9.10. The Morgan fingerprint density at radius 2 is 1.83 bits per heavy atom. The highest BCUT2D eigenvalue weighted by Crippen LogP contribution is 2.65. The number of hydrogen-bond acceptors (Lipinski definition) is 1. The molecule has 0 radical (unpaired) electrons. The number of nitrogens with one attached hydrogen (secondary N) is 1. The quantitative estimate of drug-likeness (QED) is 0.742. The molecular formula is C20H28BrNO. The largest absolute Gasteiger partial charge is 0.349 e. The third-order valence-electron chi connectivity index (χ3n) is 7.50. The van der Waals surface area contributed by atoms with Crippen LogP contribution in [-0.2, 0) is 0 Å². The summed E-state index contributed by atoms with van der Waals surface area (Å²) in [6.45, 7) is 13.4. The Kier molecular flexibility index (Phi) is 3.95. The molecule has 23 heavy (non-hydrogen) atoms. The van der Waals surface area contributed by atoms with Crippen molar-refractivity contribution in [3.05, 3.63) is 32.8 Å². The molecule has 3 heteroatoms. The number of benzene rings is 1. The Morgan fingerprint density at radius 3 is 2.35 bits per heavy atom. The molecule has 0 unspecified atom stereocenters. The lowest BCUT2D eigenvalue weighted by atomic mass is 9.69. The summed E-state index contributed by atoms with van der Waals surface area (Å²) in [5, 5.41) is 3.38. The second-order valence-electron chi connectivity index (χ2n) is 8.42. The first-order chi connectivity index (χ1) is 10.6. The van der Waals surface area contributed by atoms with Crippen LogP contribution in [0.1, 0.15) is 67.1 Å². The average Bonchev–Trinajstić information content (AvgIpc) is 2.82. The summed E-state index contributed by atoms with van der Waals surface area (Å²) in [5.74, 6) is 0.825. The van der Waals surface area contributed by atoms with E-state index < -0.39 is 0 Å². The molecule has 1 aromatic rings. The molecule has 1 N–H and O–H groups in total. The van der Waals surface area contributed by atoms with Crippen LogP contribution in [0.5, 0.6) is 0 Å². The monoisotopic (exact) mass is 377 g/mol. The fraction of sp³-hybridized carbons (Fsp3) is 0.650. The zero-order chi connectivity index (χ0) is 17.2. The topological polar surface area (TPSA) is 29.1 Å². The van der Waals surface area contributed by atoms with Crippen LogP contribution in [0.4, 0.5) is 0 Å². The minimum atomic E-state index is 0.0841. The van der Waals surface area contributed by atoms with E-state index in [1.165, 1.54) is 24.0 Å². The lowest BCUT2D eigenvalue weighted by Crippen LogP contribution is -2.47. The fourth-order valence-electron chi connectivity index (χ4n) is 4.90. The van der Waals surface area contributed by atoms with Gasteiger partial charge in [0.25, 0.3) is 5.91 Å². The van der Waals surface area contributed by atoms with E-state index in [0.29, 0.717) is 11.5 Å². The van der Waals surface area contributed by atoms with Crippen molar-refractivity contribution < 1.29 is 4.79 Å². The lowest BCUT2D eigenvalue weighted by Gasteiger charge is -2.39. The second kappa shape index (κ2) is 5.34. The van der Waals surface area contributed by atoms with Gasteiger partial charge >= 0.3 is 0 Å². The molecule has 2 aliphatic rings. The normalized spacial score (nSPS) is 31.4. The van der Waals surface area contributed by atoms with E-state index in [1.807, 2.05) is 6.07 Å². The summed E-state index contributed by atoms with van der Waals surface area (Å²) in [5.41, 5.74) is 4.86. The number of amides is 1. The smallest absolute Gasteiger partial charge is 0.251 e. The predicted molar refractivity (Wildman–Crippen MR) is 98.8 cm³/mol. The lowest BCUT2D eigenvalue weighted by molar-refractivity contribution is 0.0825. The van der Waals surface area contributed by atoms with Gasteiger partial charge in [-0.05, 0) is 79.5 Å². The molecule has 3 atom stereocenters. The van der Waals surface area contributed by atoms with Crippen molar-refractivity contribution in [2.75, 3.05) is 0 Å². The van der Waals surface area contributed by atoms with E-state index in [-0.39, 0.29) is 11.3 Å². The Bertz CT molecular complexity index is 679. The maximum atomic E-state index is 12.9. The van der Waals surface area contributed by atoms with Crippen LogP contribution in [-0.4, -0.2) is 11.9 Å².